The van der Waals surface area contributed by atoms with Gasteiger partial charge in [-0.2, -0.15) is 5.10 Å². The molecule has 0 aliphatic heterocycles. The predicted molar refractivity (Wildman–Crippen MR) is 132 cm³/mol. The zero-order valence-electron chi connectivity index (χ0n) is 19.9. The number of aromatic nitrogens is 7. The van der Waals surface area contributed by atoms with E-state index < -0.39 is 0 Å². The van der Waals surface area contributed by atoms with Crippen LogP contribution in [0.3, 0.4) is 0 Å². The van der Waals surface area contributed by atoms with Crippen molar-refractivity contribution in [2.45, 2.75) is 70.4 Å². The lowest BCUT2D eigenvalue weighted by Gasteiger charge is -2.25. The minimum atomic E-state index is 0.324. The fourth-order valence-corrected chi connectivity index (χ4v) is 4.74. The summed E-state index contributed by atoms with van der Waals surface area (Å²) in [5, 5.41) is 19.3. The minimum Gasteiger partial charge on any atom is -0.328 e. The fourth-order valence-electron chi connectivity index (χ4n) is 4.74. The summed E-state index contributed by atoms with van der Waals surface area (Å²) in [6.45, 7) is 5.11. The Kier molecular flexibility index (Phi) is 6.49. The molecule has 1 fully saturated rings. The molecule has 1 atom stereocenters. The van der Waals surface area contributed by atoms with Crippen molar-refractivity contribution in [1.29, 1.82) is 0 Å². The second kappa shape index (κ2) is 9.85. The molecule has 2 heterocycles. The summed E-state index contributed by atoms with van der Waals surface area (Å²) in [6, 6.07) is 17.1. The lowest BCUT2D eigenvalue weighted by atomic mass is 9.86. The van der Waals surface area contributed by atoms with Crippen LogP contribution in [0.4, 0.5) is 0 Å². The Morgan fingerprint density at radius 1 is 1.03 bits per heavy atom. The average molecular weight is 457 g/mol. The normalized spacial score (nSPS) is 19.3. The van der Waals surface area contributed by atoms with E-state index in [2.05, 4.69) is 69.5 Å². The summed E-state index contributed by atoms with van der Waals surface area (Å²) in [4.78, 5) is 5.02. The zero-order chi connectivity index (χ0) is 23.5. The topological polar surface area (TPSA) is 111 Å². The quantitative estimate of drug-likeness (QED) is 0.418. The Labute approximate surface area is 200 Å². The first-order valence-corrected chi connectivity index (χ1v) is 12.2. The highest BCUT2D eigenvalue weighted by Crippen LogP contribution is 2.33. The van der Waals surface area contributed by atoms with Crippen molar-refractivity contribution in [3.05, 3.63) is 65.7 Å². The molecule has 176 valence electrons. The zero-order valence-corrected chi connectivity index (χ0v) is 19.9. The maximum atomic E-state index is 6.16. The summed E-state index contributed by atoms with van der Waals surface area (Å²) in [5.41, 5.74) is 10.6. The number of nitrogens with two attached hydrogens (primary N) is 1. The van der Waals surface area contributed by atoms with Crippen molar-refractivity contribution in [2.75, 3.05) is 0 Å². The molecule has 0 saturated heterocycles. The maximum absolute atomic E-state index is 6.16. The number of nitrogens with one attached hydrogen (secondary N) is 1. The van der Waals surface area contributed by atoms with E-state index in [9.17, 15) is 0 Å². The number of rotatable bonds is 7. The molecule has 8 nitrogen and oxygen atoms in total. The van der Waals surface area contributed by atoms with Crippen LogP contribution in [0.5, 0.6) is 0 Å². The summed E-state index contributed by atoms with van der Waals surface area (Å²) in [5.74, 6) is 3.53. The first-order chi connectivity index (χ1) is 16.6. The van der Waals surface area contributed by atoms with Crippen molar-refractivity contribution in [1.82, 2.24) is 35.4 Å². The number of nitrogens with zero attached hydrogens (tertiary/aromatic N) is 6. The Morgan fingerprint density at radius 3 is 2.44 bits per heavy atom. The molecule has 1 saturated carbocycles. The third-order valence-electron chi connectivity index (χ3n) is 7.03. The molecule has 8 heteroatoms. The van der Waals surface area contributed by atoms with E-state index >= 15 is 0 Å². The molecular formula is C26H32N8. The van der Waals surface area contributed by atoms with Crippen LogP contribution < -0.4 is 5.73 Å². The van der Waals surface area contributed by atoms with Gasteiger partial charge >= 0.3 is 0 Å². The van der Waals surface area contributed by atoms with E-state index in [0.717, 1.165) is 67.0 Å². The van der Waals surface area contributed by atoms with Crippen LogP contribution in [0.25, 0.3) is 22.5 Å². The number of hydrogen-bond donors (Lipinski definition) is 2. The van der Waals surface area contributed by atoms with E-state index in [0.29, 0.717) is 23.7 Å². The van der Waals surface area contributed by atoms with Crippen LogP contribution in [-0.2, 0) is 6.54 Å². The van der Waals surface area contributed by atoms with Crippen LogP contribution in [-0.4, -0.2) is 41.4 Å². The standard InChI is InChI=1S/C26H32N8/c1-3-17(2)24-28-26(20-12-14-21(27)15-13-20)34(31-24)16-18-8-10-19(11-9-18)22-6-4-5-7-23(22)25-29-32-33-30-25/h4-11,17,20-21H,3,12-16,27H2,1-2H3,(H,29,30,32,33). The van der Waals surface area contributed by atoms with Crippen LogP contribution in [0, 0.1) is 0 Å². The Balaban J connectivity index is 1.41. The van der Waals surface area contributed by atoms with Gasteiger partial charge in [0.05, 0.1) is 6.54 Å². The molecule has 1 unspecified atom stereocenters. The molecule has 5 rings (SSSR count). The second-order valence-corrected chi connectivity index (χ2v) is 9.40. The van der Waals surface area contributed by atoms with Crippen LogP contribution >= 0.6 is 0 Å². The Hall–Kier alpha value is -3.39. The third kappa shape index (κ3) is 4.63. The summed E-state index contributed by atoms with van der Waals surface area (Å²) >= 11 is 0. The molecule has 0 bridgehead atoms. The maximum Gasteiger partial charge on any atom is 0.180 e. The molecule has 0 radical (unpaired) electrons. The van der Waals surface area contributed by atoms with Gasteiger partial charge in [0.25, 0.3) is 0 Å². The highest BCUT2D eigenvalue weighted by molar-refractivity contribution is 5.80. The smallest absolute Gasteiger partial charge is 0.180 e. The third-order valence-corrected chi connectivity index (χ3v) is 7.03. The van der Waals surface area contributed by atoms with Gasteiger partial charge in [0.15, 0.2) is 11.6 Å². The lowest BCUT2D eigenvalue weighted by molar-refractivity contribution is 0.374. The molecular weight excluding hydrogens is 424 g/mol. The molecule has 3 N–H and O–H groups in total. The van der Waals surface area contributed by atoms with Gasteiger partial charge in [-0.3, -0.25) is 0 Å². The summed E-state index contributed by atoms with van der Waals surface area (Å²) < 4.78 is 2.13. The molecule has 0 amide bonds. The van der Waals surface area contributed by atoms with Crippen molar-refractivity contribution < 1.29 is 0 Å². The van der Waals surface area contributed by atoms with E-state index in [-0.39, 0.29) is 0 Å². The van der Waals surface area contributed by atoms with E-state index in [1.54, 1.807) is 0 Å². The number of H-pyrrole nitrogens is 1. The molecule has 34 heavy (non-hydrogen) atoms. The van der Waals surface area contributed by atoms with Crippen molar-refractivity contribution in [2.24, 2.45) is 5.73 Å². The van der Waals surface area contributed by atoms with Crippen molar-refractivity contribution in [3.63, 3.8) is 0 Å². The van der Waals surface area contributed by atoms with Gasteiger partial charge in [-0.25, -0.2) is 14.8 Å². The highest BCUT2D eigenvalue weighted by Gasteiger charge is 2.26. The molecule has 0 spiro atoms. The largest absolute Gasteiger partial charge is 0.328 e. The van der Waals surface area contributed by atoms with Crippen molar-refractivity contribution >= 4 is 0 Å². The van der Waals surface area contributed by atoms with E-state index in [4.69, 9.17) is 15.8 Å². The van der Waals surface area contributed by atoms with Gasteiger partial charge in [0.2, 0.25) is 0 Å². The Bertz CT molecular complexity index is 1200. The number of hydrogen-bond acceptors (Lipinski definition) is 6. The molecule has 2 aromatic heterocycles. The molecule has 1 aliphatic rings. The lowest BCUT2D eigenvalue weighted by Crippen LogP contribution is -2.27. The first kappa shape index (κ1) is 22.4. The van der Waals surface area contributed by atoms with E-state index in [1.165, 1.54) is 5.56 Å². The number of aromatic amines is 1. The SMILES string of the molecule is CCC(C)c1nc(C2CCC(N)CC2)n(Cc2ccc(-c3ccccc3-c3nnn[nH]3)cc2)n1. The molecule has 1 aliphatic carbocycles. The van der Waals surface area contributed by atoms with E-state index in [1.807, 2.05) is 18.2 Å². The van der Waals surface area contributed by atoms with Gasteiger partial charge in [-0.1, -0.05) is 62.4 Å². The monoisotopic (exact) mass is 456 g/mol. The average Bonchev–Trinajstić information content (AvgIpc) is 3.55. The van der Waals surface area contributed by atoms with Gasteiger partial charge < -0.3 is 5.73 Å². The van der Waals surface area contributed by atoms with Gasteiger partial charge in [-0.05, 0) is 59.2 Å². The molecule has 2 aromatic carbocycles. The van der Waals surface area contributed by atoms with Gasteiger partial charge in [-0.15, -0.1) is 5.10 Å². The first-order valence-electron chi connectivity index (χ1n) is 12.2. The fraction of sp³-hybridized carbons (Fsp3) is 0.423. The number of tetrazole rings is 1. The second-order valence-electron chi connectivity index (χ2n) is 9.40. The predicted octanol–water partition coefficient (Wildman–Crippen LogP) is 4.67. The van der Waals surface area contributed by atoms with Crippen LogP contribution in [0.15, 0.2) is 48.5 Å². The summed E-state index contributed by atoms with van der Waals surface area (Å²) in [7, 11) is 0. The van der Waals surface area contributed by atoms with Crippen LogP contribution in [0.1, 0.15) is 75.0 Å². The highest BCUT2D eigenvalue weighted by atomic mass is 15.5. The molecule has 4 aromatic rings. The minimum absolute atomic E-state index is 0.324. The van der Waals surface area contributed by atoms with Crippen LogP contribution in [0.2, 0.25) is 0 Å². The van der Waals surface area contributed by atoms with Crippen molar-refractivity contribution in [3.8, 4) is 22.5 Å². The summed E-state index contributed by atoms with van der Waals surface area (Å²) in [6.07, 6.45) is 5.34. The Morgan fingerprint density at radius 2 is 1.76 bits per heavy atom. The number of benzene rings is 2. The van der Waals surface area contributed by atoms with Gasteiger partial charge in [0, 0.05) is 23.4 Å². The van der Waals surface area contributed by atoms with Gasteiger partial charge in [0.1, 0.15) is 5.82 Å².